The summed E-state index contributed by atoms with van der Waals surface area (Å²) in [5.74, 6) is 0.432. The number of carbonyl (C=O) groups is 1. The van der Waals surface area contributed by atoms with E-state index in [1.165, 1.54) is 17.4 Å². The zero-order valence-electron chi connectivity index (χ0n) is 14.1. The first kappa shape index (κ1) is 18.7. The maximum absolute atomic E-state index is 12.0. The predicted molar refractivity (Wildman–Crippen MR) is 104 cm³/mol. The van der Waals surface area contributed by atoms with Crippen molar-refractivity contribution in [2.45, 2.75) is 25.3 Å². The lowest BCUT2D eigenvalue weighted by Crippen LogP contribution is -2.24. The van der Waals surface area contributed by atoms with E-state index in [2.05, 4.69) is 48.3 Å². The molecular weight excluding hydrogens is 340 g/mol. The van der Waals surface area contributed by atoms with Gasteiger partial charge in [0.25, 0.3) is 0 Å². The molecule has 2 aromatic carbocycles. The lowest BCUT2D eigenvalue weighted by molar-refractivity contribution is -0.118. The summed E-state index contributed by atoms with van der Waals surface area (Å²) >= 11 is 7.36. The third kappa shape index (κ3) is 5.77. The number of nitrogens with zero attached hydrogens (tertiary/aromatic N) is 1. The minimum absolute atomic E-state index is 0.0303. The Labute approximate surface area is 153 Å². The van der Waals surface area contributed by atoms with E-state index in [1.807, 2.05) is 24.3 Å². The van der Waals surface area contributed by atoms with Gasteiger partial charge in [0.2, 0.25) is 5.91 Å². The number of anilines is 1. The molecular formula is C19H23ClN2OS. The highest BCUT2D eigenvalue weighted by atomic mass is 35.5. The smallest absolute Gasteiger partial charge is 0.230 e. The molecule has 0 saturated carbocycles. The number of hydrogen-bond donors (Lipinski definition) is 1. The topological polar surface area (TPSA) is 32.3 Å². The third-order valence-corrected chi connectivity index (χ3v) is 5.00. The van der Waals surface area contributed by atoms with Gasteiger partial charge in [-0.2, -0.15) is 0 Å². The average Bonchev–Trinajstić information content (AvgIpc) is 2.61. The van der Waals surface area contributed by atoms with Gasteiger partial charge in [-0.3, -0.25) is 4.79 Å². The van der Waals surface area contributed by atoms with Crippen molar-refractivity contribution in [1.82, 2.24) is 5.32 Å². The van der Waals surface area contributed by atoms with Crippen LogP contribution in [0.5, 0.6) is 0 Å². The van der Waals surface area contributed by atoms with Gasteiger partial charge >= 0.3 is 0 Å². The van der Waals surface area contributed by atoms with Crippen LogP contribution in [0.4, 0.5) is 5.69 Å². The van der Waals surface area contributed by atoms with Crippen molar-refractivity contribution in [1.29, 1.82) is 0 Å². The molecule has 5 heteroatoms. The van der Waals surface area contributed by atoms with Crippen LogP contribution in [0.1, 0.15) is 19.4 Å². The van der Waals surface area contributed by atoms with Gasteiger partial charge in [-0.1, -0.05) is 23.7 Å². The number of rotatable bonds is 8. The van der Waals surface area contributed by atoms with Crippen molar-refractivity contribution in [2.24, 2.45) is 0 Å². The first-order valence-electron chi connectivity index (χ1n) is 8.11. The van der Waals surface area contributed by atoms with Gasteiger partial charge in [0.1, 0.15) is 0 Å². The SMILES string of the molecule is CCN(CC)c1ccc(CNC(=O)CSc2ccc(Cl)cc2)cc1. The Hall–Kier alpha value is -1.65. The quantitative estimate of drug-likeness (QED) is 0.697. The van der Waals surface area contributed by atoms with Crippen LogP contribution in [0.3, 0.4) is 0 Å². The molecule has 1 amide bonds. The number of amides is 1. The summed E-state index contributed by atoms with van der Waals surface area (Å²) in [6.45, 7) is 6.84. The standard InChI is InChI=1S/C19H23ClN2OS/c1-3-22(4-2)17-9-5-15(6-10-17)13-21-19(23)14-24-18-11-7-16(20)8-12-18/h5-12H,3-4,13-14H2,1-2H3,(H,21,23). The molecule has 3 nitrogen and oxygen atoms in total. The van der Waals surface area contributed by atoms with Crippen LogP contribution in [0, 0.1) is 0 Å². The molecule has 2 rings (SSSR count). The van der Waals surface area contributed by atoms with Crippen LogP contribution in [-0.4, -0.2) is 24.7 Å². The van der Waals surface area contributed by atoms with Gasteiger partial charge in [-0.25, -0.2) is 0 Å². The van der Waals surface area contributed by atoms with E-state index in [0.717, 1.165) is 23.5 Å². The van der Waals surface area contributed by atoms with Crippen molar-refractivity contribution >= 4 is 35.0 Å². The highest BCUT2D eigenvalue weighted by Crippen LogP contribution is 2.20. The Balaban J connectivity index is 1.78. The fourth-order valence-electron chi connectivity index (χ4n) is 2.34. The first-order chi connectivity index (χ1) is 11.6. The van der Waals surface area contributed by atoms with Crippen LogP contribution in [-0.2, 0) is 11.3 Å². The lowest BCUT2D eigenvalue weighted by Gasteiger charge is -2.21. The third-order valence-electron chi connectivity index (χ3n) is 3.74. The predicted octanol–water partition coefficient (Wildman–Crippen LogP) is 4.59. The van der Waals surface area contributed by atoms with E-state index in [0.29, 0.717) is 17.3 Å². The highest BCUT2D eigenvalue weighted by Gasteiger charge is 2.05. The van der Waals surface area contributed by atoms with Crippen molar-refractivity contribution in [3.63, 3.8) is 0 Å². The summed E-state index contributed by atoms with van der Waals surface area (Å²) < 4.78 is 0. The second kappa shape index (κ2) is 9.60. The molecule has 0 aliphatic heterocycles. The van der Waals surface area contributed by atoms with Gasteiger partial charge < -0.3 is 10.2 Å². The Morgan fingerprint density at radius 1 is 1.04 bits per heavy atom. The van der Waals surface area contributed by atoms with Gasteiger partial charge in [-0.05, 0) is 55.8 Å². The van der Waals surface area contributed by atoms with Crippen LogP contribution in [0.2, 0.25) is 5.02 Å². The van der Waals surface area contributed by atoms with Gasteiger partial charge in [-0.15, -0.1) is 11.8 Å². The first-order valence-corrected chi connectivity index (χ1v) is 9.47. The van der Waals surface area contributed by atoms with Gasteiger partial charge in [0, 0.05) is 35.2 Å². The fraction of sp³-hybridized carbons (Fsp3) is 0.316. The van der Waals surface area contributed by atoms with E-state index >= 15 is 0 Å². The molecule has 0 atom stereocenters. The van der Waals surface area contributed by atoms with E-state index in [-0.39, 0.29) is 5.91 Å². The molecule has 0 unspecified atom stereocenters. The molecule has 2 aromatic rings. The maximum Gasteiger partial charge on any atom is 0.230 e. The zero-order valence-corrected chi connectivity index (χ0v) is 15.7. The number of halogens is 1. The van der Waals surface area contributed by atoms with E-state index in [4.69, 9.17) is 11.6 Å². The normalized spacial score (nSPS) is 10.5. The minimum Gasteiger partial charge on any atom is -0.372 e. The Kier molecular flexibility index (Phi) is 7.47. The van der Waals surface area contributed by atoms with Crippen LogP contribution in [0.25, 0.3) is 0 Å². The summed E-state index contributed by atoms with van der Waals surface area (Å²) in [4.78, 5) is 15.3. The molecule has 0 spiro atoms. The highest BCUT2D eigenvalue weighted by molar-refractivity contribution is 8.00. The number of carbonyl (C=O) groups excluding carboxylic acids is 1. The van der Waals surface area contributed by atoms with Crippen LogP contribution >= 0.6 is 23.4 Å². The molecule has 0 radical (unpaired) electrons. The second-order valence-corrected chi connectivity index (χ2v) is 6.84. The summed E-state index contributed by atoms with van der Waals surface area (Å²) in [6, 6.07) is 15.9. The Bertz CT molecular complexity index is 639. The van der Waals surface area contributed by atoms with Crippen molar-refractivity contribution in [3.8, 4) is 0 Å². The Morgan fingerprint density at radius 3 is 2.25 bits per heavy atom. The summed E-state index contributed by atoms with van der Waals surface area (Å²) in [5.41, 5.74) is 2.32. The van der Waals surface area contributed by atoms with Crippen molar-refractivity contribution in [3.05, 3.63) is 59.1 Å². The summed E-state index contributed by atoms with van der Waals surface area (Å²) in [7, 11) is 0. The minimum atomic E-state index is 0.0303. The van der Waals surface area contributed by atoms with Crippen LogP contribution < -0.4 is 10.2 Å². The van der Waals surface area contributed by atoms with Crippen LogP contribution in [0.15, 0.2) is 53.4 Å². The largest absolute Gasteiger partial charge is 0.372 e. The molecule has 0 aromatic heterocycles. The van der Waals surface area contributed by atoms with Gasteiger partial charge in [0.05, 0.1) is 5.75 Å². The summed E-state index contributed by atoms with van der Waals surface area (Å²) in [6.07, 6.45) is 0. The van der Waals surface area contributed by atoms with Gasteiger partial charge in [0.15, 0.2) is 0 Å². The van der Waals surface area contributed by atoms with E-state index < -0.39 is 0 Å². The molecule has 0 aliphatic rings. The molecule has 0 heterocycles. The number of nitrogens with one attached hydrogen (secondary N) is 1. The molecule has 128 valence electrons. The number of benzene rings is 2. The molecule has 0 bridgehead atoms. The monoisotopic (exact) mass is 362 g/mol. The fourth-order valence-corrected chi connectivity index (χ4v) is 3.20. The van der Waals surface area contributed by atoms with Crippen molar-refractivity contribution < 1.29 is 4.79 Å². The number of thioether (sulfide) groups is 1. The molecule has 0 saturated heterocycles. The Morgan fingerprint density at radius 2 is 1.67 bits per heavy atom. The zero-order chi connectivity index (χ0) is 17.4. The summed E-state index contributed by atoms with van der Waals surface area (Å²) in [5, 5.41) is 3.66. The molecule has 24 heavy (non-hydrogen) atoms. The average molecular weight is 363 g/mol. The van der Waals surface area contributed by atoms with E-state index in [1.54, 1.807) is 0 Å². The molecule has 0 fully saturated rings. The lowest BCUT2D eigenvalue weighted by atomic mass is 10.2. The molecule has 1 N–H and O–H groups in total. The molecule has 0 aliphatic carbocycles. The van der Waals surface area contributed by atoms with E-state index in [9.17, 15) is 4.79 Å². The second-order valence-electron chi connectivity index (χ2n) is 5.36. The number of hydrogen-bond acceptors (Lipinski definition) is 3. The maximum atomic E-state index is 12.0. The van der Waals surface area contributed by atoms with Crippen molar-refractivity contribution in [2.75, 3.05) is 23.7 Å².